The van der Waals surface area contributed by atoms with Crippen molar-refractivity contribution in [3.63, 3.8) is 0 Å². The number of carbonyl (C=O) groups is 1. The van der Waals surface area contributed by atoms with Gasteiger partial charge in [0.1, 0.15) is 5.01 Å². The van der Waals surface area contributed by atoms with Crippen molar-refractivity contribution in [2.75, 3.05) is 5.32 Å². The van der Waals surface area contributed by atoms with Gasteiger partial charge in [-0.25, -0.2) is 8.78 Å². The van der Waals surface area contributed by atoms with E-state index in [2.05, 4.69) is 27.6 Å². The molecule has 1 fully saturated rings. The fourth-order valence-corrected chi connectivity index (χ4v) is 4.68. The molecule has 0 bridgehead atoms. The van der Waals surface area contributed by atoms with E-state index in [1.165, 1.54) is 29.0 Å². The second kappa shape index (κ2) is 7.15. The van der Waals surface area contributed by atoms with Crippen molar-refractivity contribution in [1.29, 1.82) is 0 Å². The lowest BCUT2D eigenvalue weighted by Crippen LogP contribution is -2.23. The number of rotatable bonds is 4. The van der Waals surface area contributed by atoms with Crippen molar-refractivity contribution in [3.8, 4) is 0 Å². The topological polar surface area (TPSA) is 54.9 Å². The first-order valence-electron chi connectivity index (χ1n) is 8.75. The highest BCUT2D eigenvalue weighted by Gasteiger charge is 2.40. The molecule has 0 spiro atoms. The molecule has 0 radical (unpaired) electrons. The van der Waals surface area contributed by atoms with Gasteiger partial charge in [-0.3, -0.25) is 10.1 Å². The monoisotopic (exact) mass is 385 g/mol. The molecule has 1 aliphatic carbocycles. The number of carbonyl (C=O) groups excluding carboxylic acids is 1. The van der Waals surface area contributed by atoms with E-state index < -0.39 is 17.5 Å². The minimum Gasteiger partial charge on any atom is -0.296 e. The van der Waals surface area contributed by atoms with Crippen LogP contribution in [0.1, 0.15) is 46.6 Å². The summed E-state index contributed by atoms with van der Waals surface area (Å²) in [7, 11) is 0. The van der Waals surface area contributed by atoms with Gasteiger partial charge in [-0.15, -0.1) is 10.2 Å². The molecule has 4 rings (SSSR count). The van der Waals surface area contributed by atoms with Crippen molar-refractivity contribution in [3.05, 3.63) is 76.3 Å². The Kier molecular flexibility index (Phi) is 4.70. The number of nitrogens with zero attached hydrogens (tertiary/aromatic N) is 2. The standard InChI is InChI=1S/C20H17F2N3OS/c21-15-10-6-9-14(16(15)22)17(26)23-19-25-24-18(27-19)20(11-4-5-12-20)13-7-2-1-3-8-13/h1-3,6-10H,4-5,11-12H2,(H,23,25,26). The number of hydrogen-bond donors (Lipinski definition) is 1. The molecule has 3 aromatic rings. The third-order valence-electron chi connectivity index (χ3n) is 5.03. The third kappa shape index (κ3) is 3.23. The van der Waals surface area contributed by atoms with E-state index in [4.69, 9.17) is 0 Å². The highest BCUT2D eigenvalue weighted by Crippen LogP contribution is 2.47. The number of anilines is 1. The average Bonchev–Trinajstić information content (AvgIpc) is 3.35. The molecule has 4 nitrogen and oxygen atoms in total. The number of benzene rings is 2. The Balaban J connectivity index is 1.61. The van der Waals surface area contributed by atoms with E-state index >= 15 is 0 Å². The van der Waals surface area contributed by atoms with Gasteiger partial charge >= 0.3 is 0 Å². The maximum Gasteiger partial charge on any atom is 0.260 e. The molecule has 2 aromatic carbocycles. The minimum absolute atomic E-state index is 0.202. The molecule has 1 heterocycles. The minimum atomic E-state index is -1.17. The van der Waals surface area contributed by atoms with Gasteiger partial charge < -0.3 is 0 Å². The molecule has 0 aliphatic heterocycles. The van der Waals surface area contributed by atoms with Crippen LogP contribution in [0.15, 0.2) is 48.5 Å². The summed E-state index contributed by atoms with van der Waals surface area (Å²) in [5.41, 5.74) is 0.629. The van der Waals surface area contributed by atoms with Crippen LogP contribution in [0.3, 0.4) is 0 Å². The summed E-state index contributed by atoms with van der Waals surface area (Å²) in [5, 5.41) is 12.0. The molecule has 1 aromatic heterocycles. The molecule has 0 unspecified atom stereocenters. The Bertz CT molecular complexity index is 968. The second-order valence-corrected chi connectivity index (χ2v) is 7.60. The van der Waals surface area contributed by atoms with Crippen LogP contribution in [-0.2, 0) is 5.41 Å². The van der Waals surface area contributed by atoms with Gasteiger partial charge in [-0.1, -0.05) is 60.6 Å². The first-order chi connectivity index (χ1) is 13.1. The number of amides is 1. The van der Waals surface area contributed by atoms with E-state index in [0.29, 0.717) is 0 Å². The first-order valence-corrected chi connectivity index (χ1v) is 9.57. The molecule has 1 saturated carbocycles. The molecule has 1 amide bonds. The highest BCUT2D eigenvalue weighted by molar-refractivity contribution is 7.15. The van der Waals surface area contributed by atoms with Crippen molar-refractivity contribution in [2.45, 2.75) is 31.1 Å². The van der Waals surface area contributed by atoms with E-state index in [1.807, 2.05) is 18.2 Å². The van der Waals surface area contributed by atoms with E-state index in [1.54, 1.807) is 0 Å². The van der Waals surface area contributed by atoms with Crippen LogP contribution in [-0.4, -0.2) is 16.1 Å². The van der Waals surface area contributed by atoms with E-state index in [-0.39, 0.29) is 16.1 Å². The van der Waals surface area contributed by atoms with Crippen molar-refractivity contribution in [2.24, 2.45) is 0 Å². The third-order valence-corrected chi connectivity index (χ3v) is 6.08. The average molecular weight is 385 g/mol. The Morgan fingerprint density at radius 3 is 2.48 bits per heavy atom. The van der Waals surface area contributed by atoms with E-state index in [0.717, 1.165) is 36.8 Å². The molecule has 1 aliphatic rings. The Hall–Kier alpha value is -2.67. The van der Waals surface area contributed by atoms with Gasteiger partial charge in [-0.2, -0.15) is 0 Å². The van der Waals surface area contributed by atoms with Crippen LogP contribution in [0, 0.1) is 11.6 Å². The quantitative estimate of drug-likeness (QED) is 0.693. The number of halogens is 2. The van der Waals surface area contributed by atoms with Crippen molar-refractivity contribution >= 4 is 22.4 Å². The lowest BCUT2D eigenvalue weighted by molar-refractivity contribution is 0.102. The van der Waals surface area contributed by atoms with Gasteiger partial charge in [0.05, 0.1) is 5.56 Å². The van der Waals surface area contributed by atoms with Gasteiger partial charge in [0.2, 0.25) is 5.13 Å². The number of nitrogens with one attached hydrogen (secondary N) is 1. The predicted octanol–water partition coefficient (Wildman–Crippen LogP) is 4.93. The molecule has 1 N–H and O–H groups in total. The smallest absolute Gasteiger partial charge is 0.260 e. The summed E-state index contributed by atoms with van der Waals surface area (Å²) in [4.78, 5) is 12.3. The van der Waals surface area contributed by atoms with Crippen molar-refractivity contribution < 1.29 is 13.6 Å². The van der Waals surface area contributed by atoms with Crippen LogP contribution in [0.2, 0.25) is 0 Å². The largest absolute Gasteiger partial charge is 0.296 e. The predicted molar refractivity (Wildman–Crippen MR) is 99.9 cm³/mol. The summed E-state index contributed by atoms with van der Waals surface area (Å²) in [6.07, 6.45) is 4.14. The van der Waals surface area contributed by atoms with E-state index in [9.17, 15) is 13.6 Å². The summed E-state index contributed by atoms with van der Waals surface area (Å²) in [6, 6.07) is 13.7. The highest BCUT2D eigenvalue weighted by atomic mass is 32.1. The normalized spacial score (nSPS) is 15.6. The molecule has 138 valence electrons. The number of hydrogen-bond acceptors (Lipinski definition) is 4. The van der Waals surface area contributed by atoms with Crippen LogP contribution in [0.25, 0.3) is 0 Å². The lowest BCUT2D eigenvalue weighted by atomic mass is 9.79. The van der Waals surface area contributed by atoms with Crippen LogP contribution < -0.4 is 5.32 Å². The molecular formula is C20H17F2N3OS. The second-order valence-electron chi connectivity index (χ2n) is 6.62. The Morgan fingerprint density at radius 2 is 1.74 bits per heavy atom. The number of aromatic nitrogens is 2. The summed E-state index contributed by atoms with van der Waals surface area (Å²) in [5.74, 6) is -2.97. The molecule has 0 atom stereocenters. The fourth-order valence-electron chi connectivity index (χ4n) is 3.67. The molecule has 0 saturated heterocycles. The van der Waals surface area contributed by atoms with Gasteiger partial charge in [0.25, 0.3) is 5.91 Å². The van der Waals surface area contributed by atoms with Gasteiger partial charge in [0, 0.05) is 5.41 Å². The van der Waals surface area contributed by atoms with Crippen molar-refractivity contribution in [1.82, 2.24) is 10.2 Å². The van der Waals surface area contributed by atoms with Crippen LogP contribution >= 0.6 is 11.3 Å². The van der Waals surface area contributed by atoms with Gasteiger partial charge in [-0.05, 0) is 30.5 Å². The molecule has 27 heavy (non-hydrogen) atoms. The zero-order chi connectivity index (χ0) is 18.9. The Labute approximate surface area is 159 Å². The maximum absolute atomic E-state index is 13.8. The zero-order valence-electron chi connectivity index (χ0n) is 14.4. The summed E-state index contributed by atoms with van der Waals surface area (Å²) >= 11 is 1.29. The summed E-state index contributed by atoms with van der Waals surface area (Å²) in [6.45, 7) is 0. The SMILES string of the molecule is O=C(Nc1nnc(C2(c3ccccc3)CCCC2)s1)c1cccc(F)c1F. The summed E-state index contributed by atoms with van der Waals surface area (Å²) < 4.78 is 27.2. The lowest BCUT2D eigenvalue weighted by Gasteiger charge is -2.26. The first kappa shape index (κ1) is 17.7. The van der Waals surface area contributed by atoms with Crippen LogP contribution in [0.5, 0.6) is 0 Å². The van der Waals surface area contributed by atoms with Gasteiger partial charge in [0.15, 0.2) is 11.6 Å². The Morgan fingerprint density at radius 1 is 1.00 bits per heavy atom. The molecule has 7 heteroatoms. The van der Waals surface area contributed by atoms with Crippen LogP contribution in [0.4, 0.5) is 13.9 Å². The fraction of sp³-hybridized carbons (Fsp3) is 0.250. The maximum atomic E-state index is 13.8. The molecular weight excluding hydrogens is 368 g/mol. The zero-order valence-corrected chi connectivity index (χ0v) is 15.2.